The van der Waals surface area contributed by atoms with Gasteiger partial charge in [0.1, 0.15) is 5.54 Å². The Hall–Kier alpha value is -1.10. The summed E-state index contributed by atoms with van der Waals surface area (Å²) in [7, 11) is 1.64. The molecule has 15 heavy (non-hydrogen) atoms. The topological polar surface area (TPSA) is 62.7 Å². The van der Waals surface area contributed by atoms with E-state index in [-0.39, 0.29) is 11.4 Å². The molecule has 1 saturated carbocycles. The van der Waals surface area contributed by atoms with E-state index in [4.69, 9.17) is 4.74 Å². The molecule has 84 valence electrons. The van der Waals surface area contributed by atoms with Crippen LogP contribution in [0.1, 0.15) is 25.7 Å². The van der Waals surface area contributed by atoms with Crippen molar-refractivity contribution < 1.29 is 9.53 Å². The largest absolute Gasteiger partial charge is 0.383 e. The van der Waals surface area contributed by atoms with E-state index in [1.54, 1.807) is 7.11 Å². The molecule has 5 nitrogen and oxygen atoms in total. The van der Waals surface area contributed by atoms with Gasteiger partial charge in [-0.2, -0.15) is 0 Å². The number of nitrogens with one attached hydrogen (secondary N) is 2. The summed E-state index contributed by atoms with van der Waals surface area (Å²) < 4.78 is 4.90. The predicted molar refractivity (Wildman–Crippen MR) is 56.7 cm³/mol. The summed E-state index contributed by atoms with van der Waals surface area (Å²) in [4.78, 5) is 16.0. The summed E-state index contributed by atoms with van der Waals surface area (Å²) >= 11 is 0. The molecule has 0 aromatic rings. The highest BCUT2D eigenvalue weighted by Crippen LogP contribution is 2.31. The fraction of sp³-hybridized carbons (Fsp3) is 0.800. The number of carbonyl (C=O) groups is 1. The highest BCUT2D eigenvalue weighted by atomic mass is 16.5. The zero-order valence-electron chi connectivity index (χ0n) is 9.01. The molecule has 0 aromatic carbocycles. The van der Waals surface area contributed by atoms with Gasteiger partial charge in [0.25, 0.3) is 5.91 Å². The highest BCUT2D eigenvalue weighted by molar-refractivity contribution is 6.09. The first-order valence-electron chi connectivity index (χ1n) is 5.40. The third-order valence-electron chi connectivity index (χ3n) is 3.05. The van der Waals surface area contributed by atoms with E-state index >= 15 is 0 Å². The summed E-state index contributed by atoms with van der Waals surface area (Å²) in [6, 6.07) is 0. The van der Waals surface area contributed by atoms with Crippen LogP contribution in [0.2, 0.25) is 0 Å². The Labute approximate surface area is 89.3 Å². The molecule has 0 bridgehead atoms. The predicted octanol–water partition coefficient (Wildman–Crippen LogP) is 0.0210. The van der Waals surface area contributed by atoms with Crippen molar-refractivity contribution in [2.75, 3.05) is 20.3 Å². The lowest BCUT2D eigenvalue weighted by Gasteiger charge is -2.18. The van der Waals surface area contributed by atoms with Crippen molar-refractivity contribution >= 4 is 11.9 Å². The molecule has 1 amide bonds. The number of amides is 1. The van der Waals surface area contributed by atoms with Gasteiger partial charge >= 0.3 is 0 Å². The van der Waals surface area contributed by atoms with Crippen LogP contribution >= 0.6 is 0 Å². The van der Waals surface area contributed by atoms with Gasteiger partial charge in [-0.25, -0.2) is 0 Å². The van der Waals surface area contributed by atoms with E-state index in [9.17, 15) is 4.79 Å². The first-order valence-corrected chi connectivity index (χ1v) is 5.40. The van der Waals surface area contributed by atoms with Gasteiger partial charge in [-0.1, -0.05) is 12.8 Å². The van der Waals surface area contributed by atoms with Crippen LogP contribution in [0.25, 0.3) is 0 Å². The smallest absolute Gasteiger partial charge is 0.252 e. The van der Waals surface area contributed by atoms with Crippen molar-refractivity contribution in [3.05, 3.63) is 0 Å². The van der Waals surface area contributed by atoms with Crippen LogP contribution in [0, 0.1) is 0 Å². The Balaban J connectivity index is 1.97. The van der Waals surface area contributed by atoms with Crippen LogP contribution in [0.15, 0.2) is 4.99 Å². The molecule has 1 spiro atoms. The van der Waals surface area contributed by atoms with Gasteiger partial charge < -0.3 is 10.1 Å². The second-order valence-electron chi connectivity index (χ2n) is 4.09. The van der Waals surface area contributed by atoms with E-state index in [0.29, 0.717) is 19.1 Å². The van der Waals surface area contributed by atoms with E-state index in [0.717, 1.165) is 25.7 Å². The van der Waals surface area contributed by atoms with Crippen LogP contribution in [0.4, 0.5) is 0 Å². The second kappa shape index (κ2) is 4.18. The molecule has 1 saturated heterocycles. The van der Waals surface area contributed by atoms with E-state index < -0.39 is 0 Å². The van der Waals surface area contributed by atoms with Crippen LogP contribution in [-0.4, -0.2) is 37.7 Å². The molecule has 2 N–H and O–H groups in total. The minimum atomic E-state index is -0.355. The number of carbonyl (C=O) groups excluding carboxylic acids is 1. The lowest BCUT2D eigenvalue weighted by atomic mass is 9.99. The zero-order chi connectivity index (χ0) is 10.7. The summed E-state index contributed by atoms with van der Waals surface area (Å²) in [5.74, 6) is 0.690. The molecule has 0 aromatic heterocycles. The Kier molecular flexibility index (Phi) is 2.90. The van der Waals surface area contributed by atoms with Gasteiger partial charge in [-0.05, 0) is 12.8 Å². The van der Waals surface area contributed by atoms with E-state index in [2.05, 4.69) is 15.6 Å². The zero-order valence-corrected chi connectivity index (χ0v) is 9.01. The maximum atomic E-state index is 11.8. The summed E-state index contributed by atoms with van der Waals surface area (Å²) in [6.45, 7) is 1.16. The van der Waals surface area contributed by atoms with Gasteiger partial charge in [-0.15, -0.1) is 0 Å². The van der Waals surface area contributed by atoms with Crippen LogP contribution < -0.4 is 10.6 Å². The molecule has 1 heterocycles. The Morgan fingerprint density at radius 3 is 2.87 bits per heavy atom. The molecule has 0 atom stereocenters. The molecule has 1 aliphatic carbocycles. The van der Waals surface area contributed by atoms with Crippen LogP contribution in [0.3, 0.4) is 0 Å². The second-order valence-corrected chi connectivity index (χ2v) is 4.09. The molecule has 2 aliphatic rings. The standard InChI is InChI=1S/C10H17N3O2/c1-15-7-6-11-9-12-8(14)10(13-9)4-2-3-5-10/h2-7H2,1H3,(H2,11,12,13,14). The number of methoxy groups -OCH3 is 1. The SMILES string of the molecule is COCCN=C1NC(=O)C2(CCCC2)N1. The van der Waals surface area contributed by atoms with Crippen molar-refractivity contribution in [1.29, 1.82) is 0 Å². The van der Waals surface area contributed by atoms with Crippen molar-refractivity contribution in [1.82, 2.24) is 10.6 Å². The summed E-state index contributed by atoms with van der Waals surface area (Å²) in [6.07, 6.45) is 4.07. The summed E-state index contributed by atoms with van der Waals surface area (Å²) in [5.41, 5.74) is -0.355. The maximum absolute atomic E-state index is 11.8. The maximum Gasteiger partial charge on any atom is 0.252 e. The molecule has 2 fully saturated rings. The number of ether oxygens (including phenoxy) is 1. The van der Waals surface area contributed by atoms with Crippen molar-refractivity contribution in [2.24, 2.45) is 4.99 Å². The van der Waals surface area contributed by atoms with E-state index in [1.807, 2.05) is 0 Å². The molecule has 1 aliphatic heterocycles. The van der Waals surface area contributed by atoms with E-state index in [1.165, 1.54) is 0 Å². The first kappa shape index (κ1) is 10.4. The van der Waals surface area contributed by atoms with Gasteiger partial charge in [0.05, 0.1) is 13.2 Å². The lowest BCUT2D eigenvalue weighted by Crippen LogP contribution is -2.43. The number of hydrogen-bond donors (Lipinski definition) is 2. The number of aliphatic imine (C=N–C) groups is 1. The lowest BCUT2D eigenvalue weighted by molar-refractivity contribution is -0.123. The van der Waals surface area contributed by atoms with Gasteiger partial charge in [-0.3, -0.25) is 15.1 Å². The number of nitrogens with zero attached hydrogens (tertiary/aromatic N) is 1. The number of guanidine groups is 1. The number of rotatable bonds is 3. The molecule has 2 rings (SSSR count). The molecule has 0 unspecified atom stereocenters. The molecular weight excluding hydrogens is 194 g/mol. The minimum absolute atomic E-state index is 0.0798. The van der Waals surface area contributed by atoms with Crippen LogP contribution in [0.5, 0.6) is 0 Å². The molecular formula is C10H17N3O2. The first-order chi connectivity index (χ1) is 7.27. The van der Waals surface area contributed by atoms with Gasteiger partial charge in [0.2, 0.25) is 0 Å². The quantitative estimate of drug-likeness (QED) is 0.647. The van der Waals surface area contributed by atoms with Crippen molar-refractivity contribution in [2.45, 2.75) is 31.2 Å². The third-order valence-corrected chi connectivity index (χ3v) is 3.05. The van der Waals surface area contributed by atoms with Crippen molar-refractivity contribution in [3.8, 4) is 0 Å². The minimum Gasteiger partial charge on any atom is -0.383 e. The fourth-order valence-electron chi connectivity index (χ4n) is 2.20. The fourth-order valence-corrected chi connectivity index (χ4v) is 2.20. The summed E-state index contributed by atoms with van der Waals surface area (Å²) in [5, 5.41) is 6.00. The van der Waals surface area contributed by atoms with Crippen molar-refractivity contribution in [3.63, 3.8) is 0 Å². The monoisotopic (exact) mass is 211 g/mol. The number of hydrogen-bond acceptors (Lipinski definition) is 3. The molecule has 5 heteroatoms. The average molecular weight is 211 g/mol. The highest BCUT2D eigenvalue weighted by Gasteiger charge is 2.46. The third kappa shape index (κ3) is 1.97. The Morgan fingerprint density at radius 2 is 2.20 bits per heavy atom. The van der Waals surface area contributed by atoms with Crippen LogP contribution in [-0.2, 0) is 9.53 Å². The molecule has 0 radical (unpaired) electrons. The average Bonchev–Trinajstić information content (AvgIpc) is 2.78. The Bertz CT molecular complexity index is 282. The normalized spacial score (nSPS) is 25.9. The Morgan fingerprint density at radius 1 is 1.47 bits per heavy atom. The van der Waals surface area contributed by atoms with Gasteiger partial charge in [0, 0.05) is 7.11 Å². The van der Waals surface area contributed by atoms with Gasteiger partial charge in [0.15, 0.2) is 5.96 Å².